The van der Waals surface area contributed by atoms with E-state index >= 15 is 0 Å². The van der Waals surface area contributed by atoms with Gasteiger partial charge in [0.05, 0.1) is 11.4 Å². The average molecular weight is 446 g/mol. The second-order valence-corrected chi connectivity index (χ2v) is 9.86. The summed E-state index contributed by atoms with van der Waals surface area (Å²) in [5.74, 6) is -0.264. The number of hydrogen-bond acceptors (Lipinski definition) is 7. The molecule has 4 rings (SSSR count). The molecule has 0 radical (unpaired) electrons. The van der Waals surface area contributed by atoms with Crippen LogP contribution in [0, 0.1) is 6.92 Å². The summed E-state index contributed by atoms with van der Waals surface area (Å²) in [6, 6.07) is 14.2. The number of esters is 1. The summed E-state index contributed by atoms with van der Waals surface area (Å²) in [5, 5.41) is 5.24. The topological polar surface area (TPSA) is 94.6 Å². The SMILES string of the molecule is Cc1nn(-c2ccccc2)c2sc(C(=O)OCc3ccc(S(=O)(=O)N(C)C)o3)cc12. The van der Waals surface area contributed by atoms with Crippen molar-refractivity contribution in [2.45, 2.75) is 18.6 Å². The number of thiophene rings is 1. The lowest BCUT2D eigenvalue weighted by Gasteiger charge is -2.07. The van der Waals surface area contributed by atoms with Crippen LogP contribution in [0.1, 0.15) is 21.1 Å². The highest BCUT2D eigenvalue weighted by Crippen LogP contribution is 2.31. The molecule has 1 aromatic carbocycles. The van der Waals surface area contributed by atoms with Crippen molar-refractivity contribution in [2.24, 2.45) is 0 Å². The van der Waals surface area contributed by atoms with Crippen LogP contribution in [0.15, 0.2) is 58.0 Å². The van der Waals surface area contributed by atoms with Gasteiger partial charge in [0, 0.05) is 19.5 Å². The first-order valence-corrected chi connectivity index (χ1v) is 11.3. The second kappa shape index (κ2) is 7.71. The van der Waals surface area contributed by atoms with E-state index in [-0.39, 0.29) is 17.5 Å². The molecule has 8 nitrogen and oxygen atoms in total. The summed E-state index contributed by atoms with van der Waals surface area (Å²) in [4.78, 5) is 13.8. The molecule has 30 heavy (non-hydrogen) atoms. The van der Waals surface area contributed by atoms with Gasteiger partial charge in [0.2, 0.25) is 5.09 Å². The molecule has 0 bridgehead atoms. The number of aryl methyl sites for hydroxylation is 1. The minimum Gasteiger partial charge on any atom is -0.453 e. The van der Waals surface area contributed by atoms with Crippen LogP contribution in [-0.4, -0.2) is 42.6 Å². The van der Waals surface area contributed by atoms with E-state index in [1.54, 1.807) is 10.7 Å². The van der Waals surface area contributed by atoms with Crippen molar-refractivity contribution in [2.75, 3.05) is 14.1 Å². The van der Waals surface area contributed by atoms with Crippen LogP contribution < -0.4 is 0 Å². The van der Waals surface area contributed by atoms with Gasteiger partial charge in [-0.25, -0.2) is 22.2 Å². The normalized spacial score (nSPS) is 12.0. The molecule has 3 aromatic heterocycles. The van der Waals surface area contributed by atoms with Crippen LogP contribution in [0.4, 0.5) is 0 Å². The van der Waals surface area contributed by atoms with Gasteiger partial charge in [0.15, 0.2) is 0 Å². The molecule has 0 saturated heterocycles. The van der Waals surface area contributed by atoms with Crippen molar-refractivity contribution < 1.29 is 22.4 Å². The summed E-state index contributed by atoms with van der Waals surface area (Å²) >= 11 is 1.29. The van der Waals surface area contributed by atoms with Crippen LogP contribution in [-0.2, 0) is 21.4 Å². The van der Waals surface area contributed by atoms with Gasteiger partial charge in [-0.15, -0.1) is 11.3 Å². The summed E-state index contributed by atoms with van der Waals surface area (Å²) in [5.41, 5.74) is 1.72. The highest BCUT2D eigenvalue weighted by Gasteiger charge is 2.22. The number of hydrogen-bond donors (Lipinski definition) is 0. The number of nitrogens with zero attached hydrogens (tertiary/aromatic N) is 3. The lowest BCUT2D eigenvalue weighted by Crippen LogP contribution is -2.21. The van der Waals surface area contributed by atoms with E-state index in [4.69, 9.17) is 9.15 Å². The summed E-state index contributed by atoms with van der Waals surface area (Å²) in [6.45, 7) is 1.72. The van der Waals surface area contributed by atoms with E-state index in [0.29, 0.717) is 4.88 Å². The van der Waals surface area contributed by atoms with E-state index < -0.39 is 16.0 Å². The molecule has 4 aromatic rings. The highest BCUT2D eigenvalue weighted by atomic mass is 32.2. The van der Waals surface area contributed by atoms with E-state index in [0.717, 1.165) is 25.9 Å². The first-order valence-electron chi connectivity index (χ1n) is 9.00. The lowest BCUT2D eigenvalue weighted by molar-refractivity contribution is 0.0446. The van der Waals surface area contributed by atoms with E-state index in [1.165, 1.54) is 37.6 Å². The Balaban J connectivity index is 1.53. The van der Waals surface area contributed by atoms with E-state index in [9.17, 15) is 13.2 Å². The third-order valence-corrected chi connectivity index (χ3v) is 7.24. The first-order chi connectivity index (χ1) is 14.3. The van der Waals surface area contributed by atoms with Crippen LogP contribution >= 0.6 is 11.3 Å². The third kappa shape index (κ3) is 3.64. The Kier molecular flexibility index (Phi) is 5.22. The molecule has 0 aliphatic carbocycles. The average Bonchev–Trinajstić information content (AvgIpc) is 3.43. The molecular formula is C20H19N3O5S2. The lowest BCUT2D eigenvalue weighted by atomic mass is 10.3. The van der Waals surface area contributed by atoms with Crippen LogP contribution in [0.3, 0.4) is 0 Å². The molecule has 0 unspecified atom stereocenters. The molecule has 0 amide bonds. The molecule has 0 atom stereocenters. The Morgan fingerprint density at radius 3 is 2.63 bits per heavy atom. The fraction of sp³-hybridized carbons (Fsp3) is 0.200. The van der Waals surface area contributed by atoms with Crippen LogP contribution in [0.2, 0.25) is 0 Å². The minimum absolute atomic E-state index is 0.167. The number of sulfonamides is 1. The maximum Gasteiger partial charge on any atom is 0.348 e. The monoisotopic (exact) mass is 445 g/mol. The van der Waals surface area contributed by atoms with E-state index in [2.05, 4.69) is 5.10 Å². The summed E-state index contributed by atoms with van der Waals surface area (Å²) < 4.78 is 37.6. The second-order valence-electron chi connectivity index (χ2n) is 6.75. The number of benzene rings is 1. The Labute approximate surface area is 177 Å². The minimum atomic E-state index is -3.67. The largest absolute Gasteiger partial charge is 0.453 e. The number of carbonyl (C=O) groups excluding carboxylic acids is 1. The van der Waals surface area contributed by atoms with Gasteiger partial charge >= 0.3 is 5.97 Å². The van der Waals surface area contributed by atoms with Crippen LogP contribution in [0.5, 0.6) is 0 Å². The molecule has 0 aliphatic rings. The summed E-state index contributed by atoms with van der Waals surface area (Å²) in [7, 11) is -0.845. The van der Waals surface area contributed by atoms with E-state index in [1.807, 2.05) is 37.3 Å². The Morgan fingerprint density at radius 2 is 1.93 bits per heavy atom. The molecule has 0 fully saturated rings. The fourth-order valence-corrected chi connectivity index (χ4v) is 4.74. The molecule has 10 heteroatoms. The zero-order valence-electron chi connectivity index (χ0n) is 16.5. The third-order valence-electron chi connectivity index (χ3n) is 4.46. The molecular weight excluding hydrogens is 426 g/mol. The number of furan rings is 1. The number of aromatic nitrogens is 2. The van der Waals surface area contributed by atoms with Crippen molar-refractivity contribution in [3.05, 3.63) is 64.9 Å². The zero-order chi connectivity index (χ0) is 21.5. The molecule has 3 heterocycles. The maximum absolute atomic E-state index is 12.5. The predicted octanol–water partition coefficient (Wildman–Crippen LogP) is 3.60. The maximum atomic E-state index is 12.5. The van der Waals surface area contributed by atoms with Gasteiger partial charge in [-0.05, 0) is 37.3 Å². The molecule has 156 valence electrons. The smallest absolute Gasteiger partial charge is 0.348 e. The first kappa shape index (κ1) is 20.3. The van der Waals surface area contributed by atoms with Crippen molar-refractivity contribution in [1.82, 2.24) is 14.1 Å². The Morgan fingerprint density at radius 1 is 1.20 bits per heavy atom. The van der Waals surface area contributed by atoms with Crippen molar-refractivity contribution >= 4 is 37.5 Å². The Bertz CT molecular complexity index is 1320. The Hall–Kier alpha value is -2.95. The van der Waals surface area contributed by atoms with Gasteiger partial charge in [-0.3, -0.25) is 0 Å². The van der Waals surface area contributed by atoms with Crippen molar-refractivity contribution in [3.8, 4) is 5.69 Å². The highest BCUT2D eigenvalue weighted by molar-refractivity contribution is 7.88. The summed E-state index contributed by atoms with van der Waals surface area (Å²) in [6.07, 6.45) is 0. The number of ether oxygens (including phenoxy) is 1. The molecule has 0 spiro atoms. The van der Waals surface area contributed by atoms with Gasteiger partial charge < -0.3 is 9.15 Å². The van der Waals surface area contributed by atoms with Gasteiger partial charge in [-0.1, -0.05) is 18.2 Å². The van der Waals surface area contributed by atoms with Crippen molar-refractivity contribution in [3.63, 3.8) is 0 Å². The number of carbonyl (C=O) groups is 1. The van der Waals surface area contributed by atoms with Gasteiger partial charge in [-0.2, -0.15) is 5.10 Å². The van der Waals surface area contributed by atoms with Gasteiger partial charge in [0.1, 0.15) is 22.1 Å². The fourth-order valence-electron chi connectivity index (χ4n) is 2.85. The predicted molar refractivity (Wildman–Crippen MR) is 112 cm³/mol. The quantitative estimate of drug-likeness (QED) is 0.421. The zero-order valence-corrected chi connectivity index (χ0v) is 18.2. The number of para-hydroxylation sites is 1. The molecule has 0 aliphatic heterocycles. The molecule has 0 saturated carbocycles. The number of rotatable bonds is 6. The van der Waals surface area contributed by atoms with Crippen molar-refractivity contribution in [1.29, 1.82) is 0 Å². The molecule has 0 N–H and O–H groups in total. The van der Waals surface area contributed by atoms with Gasteiger partial charge in [0.25, 0.3) is 10.0 Å². The standard InChI is InChI=1S/C20H19N3O5S2/c1-13-16-11-17(29-19(16)23(21-13)14-7-5-4-6-8-14)20(24)27-12-15-9-10-18(28-15)30(25,26)22(2)3/h4-11H,12H2,1-3H3. The number of fused-ring (bicyclic) bond motifs is 1. The van der Waals surface area contributed by atoms with Crippen LogP contribution in [0.25, 0.3) is 15.9 Å².